The highest BCUT2D eigenvalue weighted by Gasteiger charge is 2.38. The molecule has 4 heterocycles. The summed E-state index contributed by atoms with van der Waals surface area (Å²) in [5.74, 6) is 0.237. The van der Waals surface area contributed by atoms with Gasteiger partial charge in [0.2, 0.25) is 0 Å². The smallest absolute Gasteiger partial charge is 0.256 e. The van der Waals surface area contributed by atoms with Crippen molar-refractivity contribution in [2.45, 2.75) is 25.1 Å². The second-order valence-electron chi connectivity index (χ2n) is 9.94. The van der Waals surface area contributed by atoms with Crippen molar-refractivity contribution in [3.8, 4) is 11.3 Å². The number of fused-ring (bicyclic) bond motifs is 3. The summed E-state index contributed by atoms with van der Waals surface area (Å²) in [6.45, 7) is 2.18. The van der Waals surface area contributed by atoms with Gasteiger partial charge in [-0.05, 0) is 55.0 Å². The van der Waals surface area contributed by atoms with E-state index in [1.165, 1.54) is 0 Å². The molecule has 1 amide bonds. The average Bonchev–Trinajstić information content (AvgIpc) is 3.76. The number of aromatic nitrogens is 4. The second-order valence-corrected chi connectivity index (χ2v) is 10.8. The van der Waals surface area contributed by atoms with Gasteiger partial charge < -0.3 is 19.5 Å². The standard InChI is InChI=1S/C29H24Cl2N6O2/c30-23-2-1-3-24(31)22(23)14-36-16-32-25-9-6-18(10-27(25)36)26-12-28(35-34-26)33-29(38)17-4-7-19(8-5-17)37-13-21-11-20(37)15-39-21/h1-10,12,16,20-21H,11,13-15H2,(H2,33,34,35,38). The molecule has 2 unspecified atom stereocenters. The fourth-order valence-electron chi connectivity index (χ4n) is 5.45. The van der Waals surface area contributed by atoms with Gasteiger partial charge in [-0.3, -0.25) is 9.89 Å². The van der Waals surface area contributed by atoms with Crippen molar-refractivity contribution in [2.75, 3.05) is 23.4 Å². The number of amides is 1. The molecule has 2 aromatic heterocycles. The lowest BCUT2D eigenvalue weighted by Gasteiger charge is -2.29. The van der Waals surface area contributed by atoms with E-state index in [-0.39, 0.29) is 5.91 Å². The maximum atomic E-state index is 12.9. The molecule has 2 fully saturated rings. The van der Waals surface area contributed by atoms with Crippen LogP contribution in [0.5, 0.6) is 0 Å². The number of rotatable bonds is 6. The number of carbonyl (C=O) groups is 1. The Morgan fingerprint density at radius 1 is 1.08 bits per heavy atom. The van der Waals surface area contributed by atoms with Gasteiger partial charge in [0.25, 0.3) is 5.91 Å². The molecule has 10 heteroatoms. The van der Waals surface area contributed by atoms with Crippen LogP contribution < -0.4 is 10.2 Å². The van der Waals surface area contributed by atoms with Crippen molar-refractivity contribution in [2.24, 2.45) is 0 Å². The number of imidazole rings is 1. The molecule has 196 valence electrons. The normalized spacial score (nSPS) is 18.3. The summed E-state index contributed by atoms with van der Waals surface area (Å²) in [6.07, 6.45) is 3.18. The van der Waals surface area contributed by atoms with E-state index in [1.54, 1.807) is 6.33 Å². The summed E-state index contributed by atoms with van der Waals surface area (Å²) in [5.41, 5.74) is 6.01. The Balaban J connectivity index is 1.07. The topological polar surface area (TPSA) is 88.1 Å². The molecule has 0 spiro atoms. The van der Waals surface area contributed by atoms with E-state index in [4.69, 9.17) is 27.9 Å². The number of ether oxygens (including phenoxy) is 1. The summed E-state index contributed by atoms with van der Waals surface area (Å²) in [6, 6.07) is 21.4. The Morgan fingerprint density at radius 2 is 1.90 bits per heavy atom. The Morgan fingerprint density at radius 3 is 2.64 bits per heavy atom. The first-order valence-electron chi connectivity index (χ1n) is 12.7. The minimum atomic E-state index is -0.212. The number of carbonyl (C=O) groups excluding carboxylic acids is 1. The first kappa shape index (κ1) is 24.2. The largest absolute Gasteiger partial charge is 0.374 e. The number of anilines is 2. The van der Waals surface area contributed by atoms with E-state index in [9.17, 15) is 4.79 Å². The van der Waals surface area contributed by atoms with Gasteiger partial charge in [-0.2, -0.15) is 5.10 Å². The minimum Gasteiger partial charge on any atom is -0.374 e. The van der Waals surface area contributed by atoms with E-state index in [2.05, 4.69) is 25.4 Å². The van der Waals surface area contributed by atoms with Crippen LogP contribution in [0.3, 0.4) is 0 Å². The van der Waals surface area contributed by atoms with Crippen LogP contribution in [0, 0.1) is 0 Å². The minimum absolute atomic E-state index is 0.212. The number of halogens is 2. The van der Waals surface area contributed by atoms with Crippen molar-refractivity contribution >= 4 is 51.6 Å². The zero-order chi connectivity index (χ0) is 26.5. The monoisotopic (exact) mass is 558 g/mol. The molecule has 8 nitrogen and oxygen atoms in total. The highest BCUT2D eigenvalue weighted by atomic mass is 35.5. The predicted molar refractivity (Wildman–Crippen MR) is 153 cm³/mol. The molecule has 39 heavy (non-hydrogen) atoms. The molecular weight excluding hydrogens is 535 g/mol. The molecular formula is C29H24Cl2N6O2. The van der Waals surface area contributed by atoms with Crippen LogP contribution >= 0.6 is 23.2 Å². The highest BCUT2D eigenvalue weighted by Crippen LogP contribution is 2.33. The molecule has 0 saturated carbocycles. The number of nitrogens with one attached hydrogen (secondary N) is 2. The third kappa shape index (κ3) is 4.54. The van der Waals surface area contributed by atoms with E-state index < -0.39 is 0 Å². The van der Waals surface area contributed by atoms with Crippen LogP contribution in [-0.4, -0.2) is 51.0 Å². The van der Waals surface area contributed by atoms with Crippen LogP contribution in [0.15, 0.2) is 73.1 Å². The molecule has 2 aliphatic heterocycles. The number of morpholine rings is 1. The van der Waals surface area contributed by atoms with Crippen LogP contribution in [0.1, 0.15) is 22.3 Å². The van der Waals surface area contributed by atoms with E-state index in [0.717, 1.165) is 53.1 Å². The molecule has 7 rings (SSSR count). The van der Waals surface area contributed by atoms with E-state index in [0.29, 0.717) is 40.1 Å². The van der Waals surface area contributed by atoms with Crippen LogP contribution in [0.25, 0.3) is 22.3 Å². The van der Waals surface area contributed by atoms with Crippen LogP contribution in [0.4, 0.5) is 11.5 Å². The van der Waals surface area contributed by atoms with Crippen molar-refractivity contribution in [3.63, 3.8) is 0 Å². The summed E-state index contributed by atoms with van der Waals surface area (Å²) in [4.78, 5) is 19.8. The maximum absolute atomic E-state index is 12.9. The Kier molecular flexibility index (Phi) is 6.03. The number of benzene rings is 3. The highest BCUT2D eigenvalue weighted by molar-refractivity contribution is 6.36. The fraction of sp³-hybridized carbons (Fsp3) is 0.207. The molecule has 5 aromatic rings. The van der Waals surface area contributed by atoms with Gasteiger partial charge in [0.15, 0.2) is 5.82 Å². The fourth-order valence-corrected chi connectivity index (χ4v) is 5.96. The van der Waals surface area contributed by atoms with Crippen molar-refractivity contribution in [1.82, 2.24) is 19.7 Å². The lowest BCUT2D eigenvalue weighted by atomic mass is 10.1. The molecule has 2 saturated heterocycles. The number of hydrogen-bond acceptors (Lipinski definition) is 5. The van der Waals surface area contributed by atoms with Crippen molar-refractivity contribution in [1.29, 1.82) is 0 Å². The first-order chi connectivity index (χ1) is 19.0. The van der Waals surface area contributed by atoms with Gasteiger partial charge in [-0.25, -0.2) is 4.98 Å². The third-order valence-corrected chi connectivity index (χ3v) is 8.21. The average molecular weight is 559 g/mol. The number of nitrogens with zero attached hydrogens (tertiary/aromatic N) is 4. The zero-order valence-corrected chi connectivity index (χ0v) is 22.3. The van der Waals surface area contributed by atoms with Gasteiger partial charge in [-0.1, -0.05) is 35.3 Å². The molecule has 2 bridgehead atoms. The second kappa shape index (κ2) is 9.72. The summed E-state index contributed by atoms with van der Waals surface area (Å²) in [5, 5.41) is 11.5. The Bertz CT molecular complexity index is 1680. The van der Waals surface area contributed by atoms with E-state index >= 15 is 0 Å². The predicted octanol–water partition coefficient (Wildman–Crippen LogP) is 6.01. The van der Waals surface area contributed by atoms with Gasteiger partial charge in [0.05, 0.1) is 48.4 Å². The number of hydrogen-bond donors (Lipinski definition) is 2. The van der Waals surface area contributed by atoms with Crippen LogP contribution in [0.2, 0.25) is 10.0 Å². The Labute approximate surface area is 234 Å². The van der Waals surface area contributed by atoms with Crippen molar-refractivity contribution in [3.05, 3.63) is 94.2 Å². The lowest BCUT2D eigenvalue weighted by Crippen LogP contribution is -2.36. The summed E-state index contributed by atoms with van der Waals surface area (Å²) >= 11 is 12.8. The lowest BCUT2D eigenvalue weighted by molar-refractivity contribution is 0.0990. The van der Waals surface area contributed by atoms with E-state index in [1.807, 2.05) is 71.3 Å². The number of H-pyrrole nitrogens is 1. The van der Waals surface area contributed by atoms with Crippen LogP contribution in [-0.2, 0) is 11.3 Å². The van der Waals surface area contributed by atoms with Gasteiger partial charge in [-0.15, -0.1) is 0 Å². The van der Waals surface area contributed by atoms with Crippen molar-refractivity contribution < 1.29 is 9.53 Å². The van der Waals surface area contributed by atoms with Gasteiger partial charge in [0.1, 0.15) is 0 Å². The quantitative estimate of drug-likeness (QED) is 0.266. The third-order valence-electron chi connectivity index (χ3n) is 7.50. The first-order valence-corrected chi connectivity index (χ1v) is 13.5. The molecule has 2 atom stereocenters. The molecule has 0 radical (unpaired) electrons. The number of aromatic amines is 1. The molecule has 3 aromatic carbocycles. The SMILES string of the molecule is O=C(Nc1cc(-c2ccc3ncn(Cc4c(Cl)cccc4Cl)c3c2)[nH]n1)c1ccc(N2CC3CC2CO3)cc1. The molecule has 2 aliphatic rings. The maximum Gasteiger partial charge on any atom is 0.256 e. The van der Waals surface area contributed by atoms with Gasteiger partial charge in [0, 0.05) is 45.0 Å². The zero-order valence-electron chi connectivity index (χ0n) is 20.8. The molecule has 2 N–H and O–H groups in total. The Hall–Kier alpha value is -3.85. The van der Waals surface area contributed by atoms with Gasteiger partial charge >= 0.3 is 0 Å². The summed E-state index contributed by atoms with van der Waals surface area (Å²) in [7, 11) is 0. The summed E-state index contributed by atoms with van der Waals surface area (Å²) < 4.78 is 7.70. The molecule has 0 aliphatic carbocycles.